The second kappa shape index (κ2) is 13.6. The average molecular weight is 693 g/mol. The van der Waals surface area contributed by atoms with Crippen molar-refractivity contribution in [2.24, 2.45) is 0 Å². The summed E-state index contributed by atoms with van der Waals surface area (Å²) < 4.78 is 0. The molecule has 2 heterocycles. The standard InChI is InChI=1S/C44H52N4Si2/c1-27(2)49(28(3)4,29(5)6)23-21-37-35-19-15-16-20-36(35)38(22-24-50(30(7)8,31(9)10)32(11)12)42-41(37)47-43-44(48-42)46-40-26-34-18-14-13-17-33(34)25-39(40)45-43/h13-20,25-32H,1-12H3. The monoisotopic (exact) mass is 692 g/mol. The van der Waals surface area contributed by atoms with Gasteiger partial charge in [0.15, 0.2) is 11.3 Å². The van der Waals surface area contributed by atoms with E-state index in [0.29, 0.717) is 44.5 Å². The highest BCUT2D eigenvalue weighted by Gasteiger charge is 2.43. The van der Waals surface area contributed by atoms with Gasteiger partial charge in [0, 0.05) is 10.8 Å². The number of nitrogens with zero attached hydrogens (tertiary/aromatic N) is 4. The molecule has 0 bridgehead atoms. The minimum absolute atomic E-state index is 0.512. The van der Waals surface area contributed by atoms with E-state index in [2.05, 4.69) is 167 Å². The van der Waals surface area contributed by atoms with E-state index < -0.39 is 16.1 Å². The van der Waals surface area contributed by atoms with Crippen molar-refractivity contribution in [1.82, 2.24) is 19.9 Å². The molecule has 0 saturated heterocycles. The molecule has 0 radical (unpaired) electrons. The predicted octanol–water partition coefficient (Wildman–Crippen LogP) is 12.2. The first kappa shape index (κ1) is 35.7. The Kier molecular flexibility index (Phi) is 9.68. The number of aromatic nitrogens is 4. The third-order valence-corrected chi connectivity index (χ3v) is 24.2. The molecule has 6 rings (SSSR count). The largest absolute Gasteiger partial charge is 0.224 e. The van der Waals surface area contributed by atoms with Gasteiger partial charge in [-0.3, -0.25) is 0 Å². The van der Waals surface area contributed by atoms with Gasteiger partial charge in [-0.05, 0) is 56.2 Å². The van der Waals surface area contributed by atoms with Gasteiger partial charge in [-0.2, -0.15) is 0 Å². The highest BCUT2D eigenvalue weighted by Crippen LogP contribution is 2.43. The van der Waals surface area contributed by atoms with Crippen molar-refractivity contribution in [2.75, 3.05) is 0 Å². The van der Waals surface area contributed by atoms with Gasteiger partial charge >= 0.3 is 0 Å². The van der Waals surface area contributed by atoms with Crippen LogP contribution in [-0.2, 0) is 0 Å². The second-order valence-electron chi connectivity index (χ2n) is 16.1. The maximum atomic E-state index is 5.32. The number of benzene rings is 4. The molecule has 4 aromatic carbocycles. The molecule has 4 nitrogen and oxygen atoms in total. The zero-order valence-corrected chi connectivity index (χ0v) is 34.0. The van der Waals surface area contributed by atoms with Crippen LogP contribution in [0.25, 0.3) is 54.9 Å². The van der Waals surface area contributed by atoms with E-state index in [0.717, 1.165) is 54.7 Å². The first-order valence-electron chi connectivity index (χ1n) is 18.5. The molecule has 6 heteroatoms. The molecule has 0 spiro atoms. The summed E-state index contributed by atoms with van der Waals surface area (Å²) in [5, 5.41) is 4.41. The maximum Gasteiger partial charge on any atom is 0.199 e. The van der Waals surface area contributed by atoms with Crippen LogP contribution in [0, 0.1) is 22.9 Å². The van der Waals surface area contributed by atoms with Gasteiger partial charge in [-0.15, -0.1) is 11.1 Å². The summed E-state index contributed by atoms with van der Waals surface area (Å²) in [5.74, 6) is 7.63. The van der Waals surface area contributed by atoms with Gasteiger partial charge in [0.25, 0.3) is 0 Å². The highest BCUT2D eigenvalue weighted by molar-refractivity contribution is 6.91. The third-order valence-electron chi connectivity index (χ3n) is 11.6. The van der Waals surface area contributed by atoms with E-state index in [1.54, 1.807) is 0 Å². The van der Waals surface area contributed by atoms with Crippen LogP contribution in [0.3, 0.4) is 0 Å². The molecule has 0 aliphatic heterocycles. The minimum Gasteiger partial charge on any atom is -0.224 e. The fraction of sp³-hybridized carbons (Fsp3) is 0.409. The lowest BCUT2D eigenvalue weighted by Gasteiger charge is -2.38. The quantitative estimate of drug-likeness (QED) is 0.0990. The molecule has 0 atom stereocenters. The molecule has 0 fully saturated rings. The van der Waals surface area contributed by atoms with Gasteiger partial charge in [-0.25, -0.2) is 19.9 Å². The summed E-state index contributed by atoms with van der Waals surface area (Å²) in [4.78, 5) is 20.8. The summed E-state index contributed by atoms with van der Waals surface area (Å²) in [5.41, 5.74) is 17.2. The minimum atomic E-state index is -2.05. The zero-order valence-electron chi connectivity index (χ0n) is 32.0. The molecule has 256 valence electrons. The summed E-state index contributed by atoms with van der Waals surface area (Å²) >= 11 is 0. The van der Waals surface area contributed by atoms with E-state index >= 15 is 0 Å². The van der Waals surface area contributed by atoms with Gasteiger partial charge in [0.1, 0.15) is 27.2 Å². The van der Waals surface area contributed by atoms with E-state index in [9.17, 15) is 0 Å². The topological polar surface area (TPSA) is 51.6 Å². The second-order valence-corrected chi connectivity index (χ2v) is 27.2. The third kappa shape index (κ3) is 5.81. The predicted molar refractivity (Wildman–Crippen MR) is 221 cm³/mol. The fourth-order valence-corrected chi connectivity index (χ4v) is 19.6. The van der Waals surface area contributed by atoms with Crippen LogP contribution in [0.5, 0.6) is 0 Å². The summed E-state index contributed by atoms with van der Waals surface area (Å²) in [7, 11) is -4.10. The van der Waals surface area contributed by atoms with Crippen molar-refractivity contribution >= 4 is 71.1 Å². The molecule has 0 aliphatic rings. The Morgan fingerprint density at radius 3 is 1.08 bits per heavy atom. The summed E-state index contributed by atoms with van der Waals surface area (Å²) in [6.45, 7) is 28.4. The Balaban J connectivity index is 1.78. The van der Waals surface area contributed by atoms with Crippen molar-refractivity contribution in [3.63, 3.8) is 0 Å². The van der Waals surface area contributed by atoms with Crippen LogP contribution >= 0.6 is 0 Å². The molecular formula is C44H52N4Si2. The average Bonchev–Trinajstić information content (AvgIpc) is 3.05. The maximum absolute atomic E-state index is 5.32. The lowest BCUT2D eigenvalue weighted by molar-refractivity contribution is 0.838. The molecule has 0 N–H and O–H groups in total. The number of fused-ring (bicyclic) bond motifs is 5. The van der Waals surface area contributed by atoms with Gasteiger partial charge in [0.2, 0.25) is 0 Å². The lowest BCUT2D eigenvalue weighted by Crippen LogP contribution is -2.43. The van der Waals surface area contributed by atoms with Crippen molar-refractivity contribution in [2.45, 2.75) is 116 Å². The Labute approximate surface area is 301 Å². The molecule has 0 aliphatic carbocycles. The normalized spacial score (nSPS) is 12.8. The zero-order chi connectivity index (χ0) is 36.1. The summed E-state index contributed by atoms with van der Waals surface area (Å²) in [6, 6.07) is 21.1. The molecule has 0 unspecified atom stereocenters. The molecule has 6 aromatic rings. The van der Waals surface area contributed by atoms with E-state index in [1.807, 2.05) is 0 Å². The SMILES string of the molecule is CC(C)[Si](C#Cc1c2ccccc2c(C#C[Si](C(C)C)(C(C)C)C(C)C)c2nc3nc4cc5ccccc5cc4nc3nc12)(C(C)C)C(C)C. The van der Waals surface area contributed by atoms with E-state index in [4.69, 9.17) is 19.9 Å². The fourth-order valence-electron chi connectivity index (χ4n) is 9.17. The van der Waals surface area contributed by atoms with Gasteiger partial charge < -0.3 is 0 Å². The molecule has 2 aromatic heterocycles. The molecule has 0 amide bonds. The van der Waals surface area contributed by atoms with Crippen molar-refractivity contribution in [3.8, 4) is 22.9 Å². The van der Waals surface area contributed by atoms with Gasteiger partial charge in [0.05, 0.1) is 22.2 Å². The van der Waals surface area contributed by atoms with Crippen LogP contribution in [0.4, 0.5) is 0 Å². The Hall–Kier alpha value is -4.11. The van der Waals surface area contributed by atoms with Crippen molar-refractivity contribution < 1.29 is 0 Å². The molecular weight excluding hydrogens is 641 g/mol. The highest BCUT2D eigenvalue weighted by atomic mass is 28.3. The van der Waals surface area contributed by atoms with Crippen LogP contribution < -0.4 is 0 Å². The van der Waals surface area contributed by atoms with Crippen molar-refractivity contribution in [1.29, 1.82) is 0 Å². The molecule has 50 heavy (non-hydrogen) atoms. The van der Waals surface area contributed by atoms with Crippen LogP contribution in [0.2, 0.25) is 33.2 Å². The Morgan fingerprint density at radius 2 is 0.760 bits per heavy atom. The van der Waals surface area contributed by atoms with Crippen LogP contribution in [0.15, 0.2) is 60.7 Å². The Morgan fingerprint density at radius 1 is 0.440 bits per heavy atom. The summed E-state index contributed by atoms with van der Waals surface area (Å²) in [6.07, 6.45) is 0. The Bertz CT molecular complexity index is 2170. The van der Waals surface area contributed by atoms with Crippen LogP contribution in [0.1, 0.15) is 94.2 Å². The van der Waals surface area contributed by atoms with E-state index in [-0.39, 0.29) is 0 Å². The van der Waals surface area contributed by atoms with E-state index in [1.165, 1.54) is 0 Å². The van der Waals surface area contributed by atoms with Gasteiger partial charge in [-0.1, -0.05) is 143 Å². The number of hydrogen-bond acceptors (Lipinski definition) is 4. The lowest BCUT2D eigenvalue weighted by atomic mass is 9.97. The molecule has 0 saturated carbocycles. The smallest absolute Gasteiger partial charge is 0.199 e. The number of rotatable bonds is 6. The first-order chi connectivity index (χ1) is 23.7. The first-order valence-corrected chi connectivity index (χ1v) is 23.0. The van der Waals surface area contributed by atoms with Crippen molar-refractivity contribution in [3.05, 3.63) is 71.8 Å². The van der Waals surface area contributed by atoms with Crippen LogP contribution in [-0.4, -0.2) is 36.1 Å². The number of hydrogen-bond donors (Lipinski definition) is 0.